The van der Waals surface area contributed by atoms with Crippen LogP contribution in [0, 0.1) is 0 Å². The molecule has 3 nitrogen and oxygen atoms in total. The first-order valence-electron chi connectivity index (χ1n) is 2.81. The molecule has 0 aromatic heterocycles. The van der Waals surface area contributed by atoms with Crippen LogP contribution in [0.1, 0.15) is 13.3 Å². The Morgan fingerprint density at radius 3 is 2.17 bits per heavy atom. The number of carbonyl (C=O) groups is 1. The lowest BCUT2D eigenvalue weighted by Crippen LogP contribution is -2.43. The first-order valence-corrected chi connectivity index (χ1v) is 2.81. The van der Waals surface area contributed by atoms with E-state index < -0.39 is 24.2 Å². The highest BCUT2D eigenvalue weighted by Crippen LogP contribution is 2.32. The summed E-state index contributed by atoms with van der Waals surface area (Å²) in [6.45, 7) is 0.351. The SMILES string of the molecule is CC(O)(CC(=O)OF)C(F)(F)F. The molecule has 7 heteroatoms. The minimum absolute atomic E-state index is 0.351. The number of alkyl halides is 3. The summed E-state index contributed by atoms with van der Waals surface area (Å²) in [4.78, 5) is 12.5. The van der Waals surface area contributed by atoms with Gasteiger partial charge in [-0.05, 0) is 6.92 Å². The number of aliphatic hydroxyl groups is 1. The fourth-order valence-corrected chi connectivity index (χ4v) is 0.409. The molecule has 0 aliphatic rings. The Balaban J connectivity index is 4.33. The van der Waals surface area contributed by atoms with E-state index in [1.165, 1.54) is 0 Å². The Kier molecular flexibility index (Phi) is 3.03. The number of hydrogen-bond acceptors (Lipinski definition) is 3. The summed E-state index contributed by atoms with van der Waals surface area (Å²) < 4.78 is 46.2. The van der Waals surface area contributed by atoms with Crippen molar-refractivity contribution in [1.29, 1.82) is 0 Å². The fourth-order valence-electron chi connectivity index (χ4n) is 0.409. The Labute approximate surface area is 64.8 Å². The van der Waals surface area contributed by atoms with Crippen molar-refractivity contribution in [2.75, 3.05) is 0 Å². The van der Waals surface area contributed by atoms with E-state index in [4.69, 9.17) is 5.11 Å². The van der Waals surface area contributed by atoms with E-state index in [-0.39, 0.29) is 0 Å². The summed E-state index contributed by atoms with van der Waals surface area (Å²) in [6.07, 6.45) is -6.45. The predicted molar refractivity (Wildman–Crippen MR) is 28.5 cm³/mol. The topological polar surface area (TPSA) is 46.5 Å². The maximum absolute atomic E-state index is 11.7. The third-order valence-corrected chi connectivity index (χ3v) is 1.19. The molecule has 1 unspecified atom stereocenters. The maximum Gasteiger partial charge on any atom is 0.417 e. The van der Waals surface area contributed by atoms with Gasteiger partial charge >= 0.3 is 12.1 Å². The second kappa shape index (κ2) is 3.26. The molecule has 0 fully saturated rings. The molecule has 12 heavy (non-hydrogen) atoms. The maximum atomic E-state index is 11.7. The summed E-state index contributed by atoms with van der Waals surface area (Å²) in [7, 11) is 0. The highest BCUT2D eigenvalue weighted by molar-refractivity contribution is 5.70. The zero-order chi connectivity index (χ0) is 9.99. The molecule has 1 N–H and O–H groups in total. The van der Waals surface area contributed by atoms with Crippen molar-refractivity contribution >= 4 is 5.97 Å². The van der Waals surface area contributed by atoms with E-state index in [1.807, 2.05) is 0 Å². The lowest BCUT2D eigenvalue weighted by Gasteiger charge is -2.23. The zero-order valence-corrected chi connectivity index (χ0v) is 5.98. The van der Waals surface area contributed by atoms with Gasteiger partial charge in [-0.1, -0.05) is 0 Å². The average molecular weight is 190 g/mol. The summed E-state index contributed by atoms with van der Waals surface area (Å²) in [5.41, 5.74) is -3.25. The predicted octanol–water partition coefficient (Wildman–Crippen LogP) is 1.12. The van der Waals surface area contributed by atoms with Crippen molar-refractivity contribution in [2.24, 2.45) is 0 Å². The van der Waals surface area contributed by atoms with Crippen LogP contribution in [0.25, 0.3) is 0 Å². The van der Waals surface area contributed by atoms with Gasteiger partial charge in [-0.25, -0.2) is 4.79 Å². The van der Waals surface area contributed by atoms with E-state index in [9.17, 15) is 22.5 Å². The highest BCUT2D eigenvalue weighted by atomic mass is 19.4. The zero-order valence-electron chi connectivity index (χ0n) is 5.98. The molecule has 0 bridgehead atoms. The Morgan fingerprint density at radius 1 is 1.50 bits per heavy atom. The monoisotopic (exact) mass is 190 g/mol. The molecule has 1 atom stereocenters. The van der Waals surface area contributed by atoms with Crippen molar-refractivity contribution in [3.8, 4) is 0 Å². The minimum atomic E-state index is -4.98. The van der Waals surface area contributed by atoms with E-state index in [1.54, 1.807) is 0 Å². The minimum Gasteiger partial charge on any atom is -0.380 e. The number of halogens is 4. The van der Waals surface area contributed by atoms with Crippen LogP contribution in [0.4, 0.5) is 17.7 Å². The Hall–Kier alpha value is -0.850. The van der Waals surface area contributed by atoms with Gasteiger partial charge in [0.1, 0.15) is 0 Å². The van der Waals surface area contributed by atoms with Crippen LogP contribution in [0.2, 0.25) is 0 Å². The lowest BCUT2D eigenvalue weighted by molar-refractivity contribution is -0.260. The van der Waals surface area contributed by atoms with Crippen LogP contribution >= 0.6 is 0 Å². The molecule has 0 aromatic rings. The summed E-state index contributed by atoms with van der Waals surface area (Å²) in [5.74, 6) is -1.77. The average Bonchev–Trinajstić information content (AvgIpc) is 1.84. The quantitative estimate of drug-likeness (QED) is 0.663. The van der Waals surface area contributed by atoms with Crippen molar-refractivity contribution in [1.82, 2.24) is 0 Å². The van der Waals surface area contributed by atoms with Gasteiger partial charge in [-0.2, -0.15) is 13.2 Å². The van der Waals surface area contributed by atoms with Crippen LogP contribution in [-0.4, -0.2) is 22.9 Å². The van der Waals surface area contributed by atoms with Crippen molar-refractivity contribution in [3.05, 3.63) is 0 Å². The van der Waals surface area contributed by atoms with Gasteiger partial charge < -0.3 is 5.11 Å². The largest absolute Gasteiger partial charge is 0.417 e. The molecular weight excluding hydrogens is 184 g/mol. The van der Waals surface area contributed by atoms with E-state index in [0.717, 1.165) is 0 Å². The van der Waals surface area contributed by atoms with Gasteiger partial charge in [-0.15, -0.1) is 0 Å². The molecule has 0 spiro atoms. The van der Waals surface area contributed by atoms with E-state index >= 15 is 0 Å². The van der Waals surface area contributed by atoms with E-state index in [0.29, 0.717) is 6.92 Å². The first kappa shape index (κ1) is 11.2. The molecule has 0 saturated heterocycles. The van der Waals surface area contributed by atoms with Gasteiger partial charge in [0.25, 0.3) is 0 Å². The second-order valence-corrected chi connectivity index (χ2v) is 2.40. The molecule has 0 aliphatic heterocycles. The molecule has 0 aliphatic carbocycles. The molecule has 0 heterocycles. The van der Waals surface area contributed by atoms with Crippen LogP contribution in [-0.2, 0) is 9.74 Å². The molecule has 0 radical (unpaired) electrons. The van der Waals surface area contributed by atoms with Gasteiger partial charge in [0, 0.05) is 4.53 Å². The van der Waals surface area contributed by atoms with Crippen molar-refractivity contribution < 1.29 is 32.5 Å². The smallest absolute Gasteiger partial charge is 0.380 e. The molecule has 0 saturated carbocycles. The fraction of sp³-hybridized carbons (Fsp3) is 0.800. The summed E-state index contributed by atoms with van der Waals surface area (Å²) >= 11 is 0. The standard InChI is InChI=1S/C5H6F4O3/c1-4(11,5(6,7)8)2-3(10)12-9/h11H,2H2,1H3. The molecule has 72 valence electrons. The Morgan fingerprint density at radius 2 is 1.92 bits per heavy atom. The van der Waals surface area contributed by atoms with Crippen LogP contribution in [0.5, 0.6) is 0 Å². The summed E-state index contributed by atoms with van der Waals surface area (Å²) in [6, 6.07) is 0. The van der Waals surface area contributed by atoms with Crippen LogP contribution in [0.3, 0.4) is 0 Å². The molecule has 0 rings (SSSR count). The number of hydrogen-bond donors (Lipinski definition) is 1. The van der Waals surface area contributed by atoms with Gasteiger partial charge in [0.05, 0.1) is 6.42 Å². The summed E-state index contributed by atoms with van der Waals surface area (Å²) in [5, 5.41) is 8.56. The Bertz CT molecular complexity index is 174. The third kappa shape index (κ3) is 2.65. The number of carbonyl (C=O) groups excluding carboxylic acids is 1. The van der Waals surface area contributed by atoms with Gasteiger partial charge in [-0.3, -0.25) is 4.94 Å². The third-order valence-electron chi connectivity index (χ3n) is 1.19. The highest BCUT2D eigenvalue weighted by Gasteiger charge is 2.51. The molecular formula is C5H6F4O3. The second-order valence-electron chi connectivity index (χ2n) is 2.40. The van der Waals surface area contributed by atoms with Crippen LogP contribution < -0.4 is 0 Å². The molecule has 0 aromatic carbocycles. The number of rotatable bonds is 2. The van der Waals surface area contributed by atoms with Gasteiger partial charge in [0.2, 0.25) is 0 Å². The lowest BCUT2D eigenvalue weighted by atomic mass is 10.0. The first-order chi connectivity index (χ1) is 5.20. The van der Waals surface area contributed by atoms with Crippen molar-refractivity contribution in [3.63, 3.8) is 0 Å². The van der Waals surface area contributed by atoms with Crippen LogP contribution in [0.15, 0.2) is 0 Å². The van der Waals surface area contributed by atoms with E-state index in [2.05, 4.69) is 4.94 Å². The van der Waals surface area contributed by atoms with Gasteiger partial charge in [0.15, 0.2) is 5.60 Å². The normalized spacial score (nSPS) is 16.8. The van der Waals surface area contributed by atoms with Crippen molar-refractivity contribution in [2.45, 2.75) is 25.1 Å². The molecule has 0 amide bonds.